The van der Waals surface area contributed by atoms with E-state index >= 15 is 0 Å². The lowest BCUT2D eigenvalue weighted by atomic mass is 10.1. The molecule has 1 aliphatic carbocycles. The molecule has 0 nitrogen and oxygen atoms in total. The van der Waals surface area contributed by atoms with Gasteiger partial charge in [0.1, 0.15) is 0 Å². The van der Waals surface area contributed by atoms with Gasteiger partial charge in [-0.15, -0.1) is 0 Å². The quantitative estimate of drug-likeness (QED) is 0.735. The summed E-state index contributed by atoms with van der Waals surface area (Å²) in [7, 11) is 0. The summed E-state index contributed by atoms with van der Waals surface area (Å²) in [5, 5.41) is 0. The number of hydrogen-bond donors (Lipinski definition) is 0. The molecule has 1 saturated carbocycles. The molecular formula is C11H12Br2. The Kier molecular flexibility index (Phi) is 3.10. The summed E-state index contributed by atoms with van der Waals surface area (Å²) >= 11 is 7.19. The molecule has 0 amide bonds. The van der Waals surface area contributed by atoms with Gasteiger partial charge in [-0.05, 0) is 42.9 Å². The van der Waals surface area contributed by atoms with Crippen LogP contribution >= 0.6 is 31.9 Å². The Bertz CT molecular complexity index is 275. The van der Waals surface area contributed by atoms with E-state index in [1.165, 1.54) is 18.4 Å². The molecule has 0 aliphatic heterocycles. The standard InChI is InChI=1S/C11H12Br2/c12-10-5-1-8(2-6-10)7-11(13)9-3-4-9/h1-2,5-6,9,11H,3-4,7H2. The second kappa shape index (κ2) is 4.14. The predicted molar refractivity (Wildman–Crippen MR) is 63.3 cm³/mol. The molecule has 1 aromatic rings. The predicted octanol–water partition coefficient (Wildman–Crippen LogP) is 4.17. The average Bonchev–Trinajstić information content (AvgIpc) is 2.91. The van der Waals surface area contributed by atoms with Crippen LogP contribution in [0.3, 0.4) is 0 Å². The van der Waals surface area contributed by atoms with E-state index in [0.29, 0.717) is 4.83 Å². The van der Waals surface area contributed by atoms with Gasteiger partial charge in [0.15, 0.2) is 0 Å². The summed E-state index contributed by atoms with van der Waals surface area (Å²) in [6.45, 7) is 0. The molecule has 2 rings (SSSR count). The molecule has 1 aromatic carbocycles. The van der Waals surface area contributed by atoms with Gasteiger partial charge in [-0.3, -0.25) is 0 Å². The molecule has 0 heterocycles. The molecule has 1 fully saturated rings. The van der Waals surface area contributed by atoms with Gasteiger partial charge in [0.05, 0.1) is 0 Å². The Labute approximate surface area is 96.0 Å². The SMILES string of the molecule is Brc1ccc(CC(Br)C2CC2)cc1. The van der Waals surface area contributed by atoms with E-state index in [1.54, 1.807) is 0 Å². The lowest BCUT2D eigenvalue weighted by Gasteiger charge is -2.07. The maximum absolute atomic E-state index is 3.75. The zero-order chi connectivity index (χ0) is 9.26. The van der Waals surface area contributed by atoms with Gasteiger partial charge in [0.2, 0.25) is 0 Å². The summed E-state index contributed by atoms with van der Waals surface area (Å²) in [5.41, 5.74) is 1.43. The first kappa shape index (κ1) is 9.72. The Morgan fingerprint density at radius 3 is 2.38 bits per heavy atom. The molecule has 2 heteroatoms. The maximum atomic E-state index is 3.75. The number of halogens is 2. The van der Waals surface area contributed by atoms with Crippen LogP contribution in [0.1, 0.15) is 18.4 Å². The smallest absolute Gasteiger partial charge is 0.0214 e. The second-order valence-electron chi connectivity index (χ2n) is 3.68. The highest BCUT2D eigenvalue weighted by atomic mass is 79.9. The minimum Gasteiger partial charge on any atom is -0.0884 e. The largest absolute Gasteiger partial charge is 0.0884 e. The molecule has 0 N–H and O–H groups in total. The summed E-state index contributed by atoms with van der Waals surface area (Å²) < 4.78 is 1.16. The maximum Gasteiger partial charge on any atom is 0.0214 e. The van der Waals surface area contributed by atoms with Crippen LogP contribution in [0.4, 0.5) is 0 Å². The average molecular weight is 304 g/mol. The van der Waals surface area contributed by atoms with E-state index in [2.05, 4.69) is 56.1 Å². The molecule has 0 saturated heterocycles. The van der Waals surface area contributed by atoms with E-state index < -0.39 is 0 Å². The Morgan fingerprint density at radius 1 is 1.23 bits per heavy atom. The first-order chi connectivity index (χ1) is 6.25. The fourth-order valence-electron chi connectivity index (χ4n) is 1.47. The van der Waals surface area contributed by atoms with Crippen molar-refractivity contribution in [1.82, 2.24) is 0 Å². The number of rotatable bonds is 3. The highest BCUT2D eigenvalue weighted by Gasteiger charge is 2.28. The lowest BCUT2D eigenvalue weighted by Crippen LogP contribution is -2.04. The van der Waals surface area contributed by atoms with E-state index in [1.807, 2.05) is 0 Å². The van der Waals surface area contributed by atoms with E-state index in [-0.39, 0.29) is 0 Å². The molecule has 1 unspecified atom stereocenters. The molecule has 0 spiro atoms. The molecule has 0 bridgehead atoms. The minimum atomic E-state index is 0.689. The van der Waals surface area contributed by atoms with Gasteiger partial charge in [0, 0.05) is 9.30 Å². The van der Waals surface area contributed by atoms with Crippen LogP contribution in [0.25, 0.3) is 0 Å². The van der Waals surface area contributed by atoms with Crippen molar-refractivity contribution in [3.05, 3.63) is 34.3 Å². The Balaban J connectivity index is 1.96. The Hall–Kier alpha value is 0.180. The van der Waals surface area contributed by atoms with Gasteiger partial charge >= 0.3 is 0 Å². The third kappa shape index (κ3) is 2.81. The third-order valence-corrected chi connectivity index (χ3v) is 4.08. The first-order valence-corrected chi connectivity index (χ1v) is 6.35. The van der Waals surface area contributed by atoms with Crippen LogP contribution in [-0.2, 0) is 6.42 Å². The molecule has 13 heavy (non-hydrogen) atoms. The third-order valence-electron chi connectivity index (χ3n) is 2.48. The van der Waals surface area contributed by atoms with Crippen LogP contribution in [-0.4, -0.2) is 4.83 Å². The van der Waals surface area contributed by atoms with Crippen molar-refractivity contribution in [1.29, 1.82) is 0 Å². The number of hydrogen-bond acceptors (Lipinski definition) is 0. The van der Waals surface area contributed by atoms with Crippen molar-refractivity contribution in [3.8, 4) is 0 Å². The number of alkyl halides is 1. The van der Waals surface area contributed by atoms with Gasteiger partial charge < -0.3 is 0 Å². The highest BCUT2D eigenvalue weighted by Crippen LogP contribution is 2.38. The summed E-state index contributed by atoms with van der Waals surface area (Å²) in [6.07, 6.45) is 3.98. The van der Waals surface area contributed by atoms with Crippen molar-refractivity contribution < 1.29 is 0 Å². The van der Waals surface area contributed by atoms with Crippen LogP contribution in [0.5, 0.6) is 0 Å². The van der Waals surface area contributed by atoms with Crippen molar-refractivity contribution >= 4 is 31.9 Å². The molecule has 1 atom stereocenters. The molecule has 1 aliphatic rings. The van der Waals surface area contributed by atoms with Crippen LogP contribution in [0, 0.1) is 5.92 Å². The van der Waals surface area contributed by atoms with Crippen LogP contribution < -0.4 is 0 Å². The topological polar surface area (TPSA) is 0 Å². The zero-order valence-corrected chi connectivity index (χ0v) is 10.5. The minimum absolute atomic E-state index is 0.689. The van der Waals surface area contributed by atoms with Crippen molar-refractivity contribution in [2.45, 2.75) is 24.1 Å². The fourth-order valence-corrected chi connectivity index (χ4v) is 2.64. The van der Waals surface area contributed by atoms with Crippen LogP contribution in [0.2, 0.25) is 0 Å². The van der Waals surface area contributed by atoms with Gasteiger partial charge in [-0.25, -0.2) is 0 Å². The normalized spacial score (nSPS) is 18.6. The molecule has 70 valence electrons. The second-order valence-corrected chi connectivity index (χ2v) is 5.78. The van der Waals surface area contributed by atoms with Crippen molar-refractivity contribution in [2.75, 3.05) is 0 Å². The van der Waals surface area contributed by atoms with Crippen LogP contribution in [0.15, 0.2) is 28.7 Å². The fraction of sp³-hybridized carbons (Fsp3) is 0.455. The van der Waals surface area contributed by atoms with Crippen molar-refractivity contribution in [3.63, 3.8) is 0 Å². The number of benzene rings is 1. The van der Waals surface area contributed by atoms with E-state index in [0.717, 1.165) is 16.8 Å². The zero-order valence-electron chi connectivity index (χ0n) is 7.34. The Morgan fingerprint density at radius 2 is 1.85 bits per heavy atom. The van der Waals surface area contributed by atoms with Crippen molar-refractivity contribution in [2.24, 2.45) is 5.92 Å². The summed E-state index contributed by atoms with van der Waals surface area (Å²) in [5.74, 6) is 0.934. The summed E-state index contributed by atoms with van der Waals surface area (Å²) in [4.78, 5) is 0.689. The van der Waals surface area contributed by atoms with Gasteiger partial charge in [-0.1, -0.05) is 44.0 Å². The monoisotopic (exact) mass is 302 g/mol. The molecular weight excluding hydrogens is 292 g/mol. The lowest BCUT2D eigenvalue weighted by molar-refractivity contribution is 0.760. The molecule has 0 aromatic heterocycles. The first-order valence-electron chi connectivity index (χ1n) is 4.64. The highest BCUT2D eigenvalue weighted by molar-refractivity contribution is 9.10. The van der Waals surface area contributed by atoms with Gasteiger partial charge in [-0.2, -0.15) is 0 Å². The summed E-state index contributed by atoms with van der Waals surface area (Å²) in [6, 6.07) is 8.62. The van der Waals surface area contributed by atoms with E-state index in [9.17, 15) is 0 Å². The van der Waals surface area contributed by atoms with Gasteiger partial charge in [0.25, 0.3) is 0 Å². The van der Waals surface area contributed by atoms with E-state index in [4.69, 9.17) is 0 Å². The molecule has 0 radical (unpaired) electrons.